The number of likely N-dealkylation sites (N-methyl/N-ethyl adjacent to an activating group) is 1. The van der Waals surface area contributed by atoms with Crippen molar-refractivity contribution in [3.05, 3.63) is 53.6 Å². The predicted molar refractivity (Wildman–Crippen MR) is 190 cm³/mol. The van der Waals surface area contributed by atoms with Crippen molar-refractivity contribution in [2.75, 3.05) is 58.5 Å². The molecule has 9 rings (SSSR count). The molecule has 3 aliphatic heterocycles. The molecule has 1 saturated carbocycles. The van der Waals surface area contributed by atoms with Gasteiger partial charge in [0.15, 0.2) is 11.6 Å². The van der Waals surface area contributed by atoms with Crippen molar-refractivity contribution in [1.82, 2.24) is 34.6 Å². The Hall–Kier alpha value is -4.86. The minimum absolute atomic E-state index is 0.0319. The molecule has 12 heteroatoms. The molecule has 49 heavy (non-hydrogen) atoms. The van der Waals surface area contributed by atoms with Gasteiger partial charge in [0.1, 0.15) is 22.7 Å². The largest absolute Gasteiger partial charge is 0.384 e. The van der Waals surface area contributed by atoms with Crippen molar-refractivity contribution in [1.29, 1.82) is 5.26 Å². The van der Waals surface area contributed by atoms with E-state index in [2.05, 4.69) is 44.8 Å². The van der Waals surface area contributed by atoms with Crippen LogP contribution in [0.4, 0.5) is 16.0 Å². The van der Waals surface area contributed by atoms with Crippen LogP contribution in [0.5, 0.6) is 0 Å². The van der Waals surface area contributed by atoms with E-state index < -0.39 is 5.82 Å². The molecule has 0 radical (unpaired) electrons. The summed E-state index contributed by atoms with van der Waals surface area (Å²) in [7, 11) is 7.67. The first-order valence-corrected chi connectivity index (χ1v) is 17.1. The Labute approximate surface area is 284 Å². The Kier molecular flexibility index (Phi) is 7.65. The number of carbonyl (C=O) groups excluding carboxylic acids is 1. The second-order valence-corrected chi connectivity index (χ2v) is 14.2. The fourth-order valence-electron chi connectivity index (χ4n) is 8.04. The van der Waals surface area contributed by atoms with Gasteiger partial charge in [0.25, 0.3) is 0 Å². The van der Waals surface area contributed by atoms with Crippen LogP contribution in [-0.4, -0.2) is 95.1 Å². The van der Waals surface area contributed by atoms with E-state index in [-0.39, 0.29) is 29.9 Å². The number of nitriles is 1. The third-order valence-electron chi connectivity index (χ3n) is 10.8. The summed E-state index contributed by atoms with van der Waals surface area (Å²) in [6.07, 6.45) is 2.40. The number of nitrogens with one attached hydrogen (secondary N) is 1. The lowest BCUT2D eigenvalue weighted by atomic mass is 9.79. The second kappa shape index (κ2) is 11.9. The quantitative estimate of drug-likeness (QED) is 0.238. The van der Waals surface area contributed by atoms with Crippen molar-refractivity contribution >= 4 is 50.3 Å². The van der Waals surface area contributed by atoms with Gasteiger partial charge < -0.3 is 30.3 Å². The van der Waals surface area contributed by atoms with Gasteiger partial charge in [-0.25, -0.2) is 19.3 Å². The van der Waals surface area contributed by atoms with Crippen molar-refractivity contribution in [3.8, 4) is 17.3 Å². The Balaban J connectivity index is 1.43. The predicted octanol–water partition coefficient (Wildman–Crippen LogP) is 4.28. The Morgan fingerprint density at radius 3 is 2.57 bits per heavy atom. The number of imidazole rings is 1. The number of nitrogens with zero attached hydrogens (tertiary/aromatic N) is 8. The average Bonchev–Trinajstić information content (AvgIpc) is 3.78. The van der Waals surface area contributed by atoms with E-state index in [1.165, 1.54) is 0 Å². The number of amides is 1. The van der Waals surface area contributed by atoms with Gasteiger partial charge >= 0.3 is 0 Å². The van der Waals surface area contributed by atoms with Crippen LogP contribution in [0.15, 0.2) is 36.4 Å². The van der Waals surface area contributed by atoms with Crippen LogP contribution in [0.1, 0.15) is 36.7 Å². The molecule has 252 valence electrons. The number of carbonyl (C=O) groups is 1. The molecule has 4 aliphatic rings. The van der Waals surface area contributed by atoms with Gasteiger partial charge in [-0.1, -0.05) is 24.3 Å². The Bertz CT molecular complexity index is 2170. The molecular weight excluding hydrogens is 619 g/mol. The highest BCUT2D eigenvalue weighted by Crippen LogP contribution is 2.49. The summed E-state index contributed by atoms with van der Waals surface area (Å²) in [5.41, 5.74) is 9.57. The van der Waals surface area contributed by atoms with E-state index in [9.17, 15) is 10.1 Å². The van der Waals surface area contributed by atoms with Crippen molar-refractivity contribution in [2.24, 2.45) is 5.92 Å². The first kappa shape index (κ1) is 31.4. The van der Waals surface area contributed by atoms with Crippen molar-refractivity contribution < 1.29 is 9.18 Å². The van der Waals surface area contributed by atoms with Gasteiger partial charge in [0, 0.05) is 81.4 Å². The molecule has 4 fully saturated rings. The van der Waals surface area contributed by atoms with Crippen molar-refractivity contribution in [2.45, 2.75) is 50.2 Å². The summed E-state index contributed by atoms with van der Waals surface area (Å²) in [4.78, 5) is 33.9. The SMILES string of the molecule is CN(C)C(=O)CCc1nc2c(N3CC(N(C)C)C3)nc3c(F)c(-c4nc(N)cc5ccccc45)c(CCC#N)cc3c2n1C1C2CNC1C2. The number of fused-ring (bicyclic) bond motifs is 5. The molecular formula is C37H41FN10O. The van der Waals surface area contributed by atoms with E-state index in [0.717, 1.165) is 53.7 Å². The second-order valence-electron chi connectivity index (χ2n) is 14.2. The molecule has 0 spiro atoms. The zero-order chi connectivity index (χ0) is 34.1. The number of hydrogen-bond donors (Lipinski definition) is 2. The number of anilines is 2. The van der Waals surface area contributed by atoms with Gasteiger partial charge in [-0.3, -0.25) is 4.79 Å². The number of pyridine rings is 2. The first-order valence-electron chi connectivity index (χ1n) is 17.1. The molecule has 3 aromatic heterocycles. The van der Waals surface area contributed by atoms with E-state index in [1.54, 1.807) is 25.1 Å². The number of rotatable bonds is 9. The molecule has 3 atom stereocenters. The van der Waals surface area contributed by atoms with Crippen LogP contribution < -0.4 is 16.0 Å². The van der Waals surface area contributed by atoms with Crippen LogP contribution in [-0.2, 0) is 17.6 Å². The zero-order valence-corrected chi connectivity index (χ0v) is 28.4. The number of hydrogen-bond acceptors (Lipinski definition) is 9. The average molecular weight is 661 g/mol. The molecule has 3 unspecified atom stereocenters. The van der Waals surface area contributed by atoms with Crippen LogP contribution in [0.2, 0.25) is 0 Å². The van der Waals surface area contributed by atoms with Crippen LogP contribution in [0.25, 0.3) is 44.0 Å². The fraction of sp³-hybridized carbons (Fsp3) is 0.432. The summed E-state index contributed by atoms with van der Waals surface area (Å²) in [5, 5.41) is 15.6. The van der Waals surface area contributed by atoms with Crippen LogP contribution >= 0.6 is 0 Å². The van der Waals surface area contributed by atoms with Crippen LogP contribution in [0, 0.1) is 23.1 Å². The third-order valence-corrected chi connectivity index (χ3v) is 10.8. The summed E-state index contributed by atoms with van der Waals surface area (Å²) >= 11 is 0. The van der Waals surface area contributed by atoms with Gasteiger partial charge in [-0.05, 0) is 55.9 Å². The van der Waals surface area contributed by atoms with Gasteiger partial charge in [0.2, 0.25) is 5.91 Å². The van der Waals surface area contributed by atoms with Gasteiger partial charge in [-0.2, -0.15) is 5.26 Å². The zero-order valence-electron chi connectivity index (χ0n) is 28.4. The lowest BCUT2D eigenvalue weighted by molar-refractivity contribution is -0.128. The number of benzene rings is 2. The molecule has 2 aromatic carbocycles. The molecule has 6 heterocycles. The lowest BCUT2D eigenvalue weighted by Gasteiger charge is -2.43. The minimum atomic E-state index is -0.478. The van der Waals surface area contributed by atoms with Crippen molar-refractivity contribution in [3.63, 3.8) is 0 Å². The number of aryl methyl sites for hydroxylation is 2. The summed E-state index contributed by atoms with van der Waals surface area (Å²) in [5.74, 6) is 1.74. The maximum atomic E-state index is 17.6. The normalized spacial score (nSPS) is 20.3. The topological polar surface area (TPSA) is 132 Å². The van der Waals surface area contributed by atoms with Gasteiger partial charge in [0.05, 0.1) is 23.3 Å². The molecule has 5 aromatic rings. The van der Waals surface area contributed by atoms with E-state index >= 15 is 4.39 Å². The molecule has 3 saturated heterocycles. The highest BCUT2D eigenvalue weighted by atomic mass is 19.1. The first-order chi connectivity index (χ1) is 23.6. The maximum absolute atomic E-state index is 17.6. The van der Waals surface area contributed by atoms with E-state index in [4.69, 9.17) is 15.7 Å². The number of halogens is 1. The Morgan fingerprint density at radius 2 is 1.88 bits per heavy atom. The lowest BCUT2D eigenvalue weighted by Crippen LogP contribution is -2.57. The van der Waals surface area contributed by atoms with E-state index in [1.807, 2.05) is 30.3 Å². The summed E-state index contributed by atoms with van der Waals surface area (Å²) < 4.78 is 19.9. The monoisotopic (exact) mass is 660 g/mol. The van der Waals surface area contributed by atoms with Crippen LogP contribution in [0.3, 0.4) is 0 Å². The minimum Gasteiger partial charge on any atom is -0.384 e. The highest BCUT2D eigenvalue weighted by molar-refractivity contribution is 6.10. The third kappa shape index (κ3) is 5.06. The maximum Gasteiger partial charge on any atom is 0.222 e. The number of nitrogen functional groups attached to an aromatic ring is 1. The van der Waals surface area contributed by atoms with E-state index in [0.29, 0.717) is 65.1 Å². The summed E-state index contributed by atoms with van der Waals surface area (Å²) in [6, 6.07) is 14.5. The number of nitrogens with two attached hydrogens (primary N) is 1. The molecule has 1 amide bonds. The summed E-state index contributed by atoms with van der Waals surface area (Å²) in [6.45, 7) is 2.40. The van der Waals surface area contributed by atoms with Gasteiger partial charge in [-0.15, -0.1) is 0 Å². The fourth-order valence-corrected chi connectivity index (χ4v) is 8.04. The smallest absolute Gasteiger partial charge is 0.222 e. The molecule has 3 N–H and O–H groups in total. The Morgan fingerprint density at radius 1 is 1.08 bits per heavy atom. The molecule has 11 nitrogen and oxygen atoms in total. The molecule has 1 aliphatic carbocycles. The standard InChI is InChI=1S/C37H41FN10O/c1-45(2)23-18-47(19-23)37-34-36(48(35-22-15-26(35)41-17-22)28(43-34)11-12-29(49)46(3)4)25-14-21(9-7-13-39)30(31(38)33(25)44-37)32-24-10-6-5-8-20(24)16-27(40)42-32/h5-6,8,10,14,16,22-23,26,35,41H,7,9,11-12,15,17-19H2,1-4H3,(H2,40,42). The number of aromatic nitrogens is 4. The molecule has 2 bridgehead atoms. The highest BCUT2D eigenvalue weighted by Gasteiger charge is 2.49.